The number of fused-ring (bicyclic) bond motifs is 1. The summed E-state index contributed by atoms with van der Waals surface area (Å²) in [5.41, 5.74) is 1.79. The van der Waals surface area contributed by atoms with E-state index in [9.17, 15) is 0 Å². The zero-order chi connectivity index (χ0) is 11.7. The highest BCUT2D eigenvalue weighted by atomic mass is 32.2. The third-order valence-electron chi connectivity index (χ3n) is 4.04. The minimum absolute atomic E-state index is 0.539. The van der Waals surface area contributed by atoms with E-state index in [-0.39, 0.29) is 0 Å². The molecule has 92 valence electrons. The first-order valence-electron chi connectivity index (χ1n) is 6.36. The van der Waals surface area contributed by atoms with Crippen LogP contribution in [0.2, 0.25) is 0 Å². The molecule has 0 aromatic heterocycles. The van der Waals surface area contributed by atoms with Crippen LogP contribution in [0.5, 0.6) is 5.75 Å². The average molecular weight is 249 g/mol. The Bertz CT molecular complexity index is 413. The second kappa shape index (κ2) is 4.45. The second-order valence-corrected chi connectivity index (χ2v) is 6.23. The van der Waals surface area contributed by atoms with E-state index in [1.165, 1.54) is 42.0 Å². The number of hydrogen-bond donors (Lipinski definition) is 1. The lowest BCUT2D eigenvalue weighted by atomic mass is 9.88. The van der Waals surface area contributed by atoms with Gasteiger partial charge in [-0.05, 0) is 30.4 Å². The Hall–Kier alpha value is -0.830. The minimum Gasteiger partial charge on any atom is -0.497 e. The van der Waals surface area contributed by atoms with E-state index in [1.54, 1.807) is 7.11 Å². The number of thioether (sulfide) groups is 1. The quantitative estimate of drug-likeness (QED) is 0.818. The van der Waals surface area contributed by atoms with Crippen LogP contribution in [-0.4, -0.2) is 19.4 Å². The Balaban J connectivity index is 1.84. The SMILES string of the molecule is COc1ccc2c(c1)NCC1(CCCC1)CS2. The third-order valence-corrected chi connectivity index (χ3v) is 5.46. The number of methoxy groups -OCH3 is 1. The summed E-state index contributed by atoms with van der Waals surface area (Å²) in [5, 5.41) is 3.63. The maximum atomic E-state index is 5.29. The molecule has 1 aliphatic carbocycles. The average Bonchev–Trinajstić information content (AvgIpc) is 2.75. The molecule has 0 atom stereocenters. The van der Waals surface area contributed by atoms with Gasteiger partial charge in [0.1, 0.15) is 5.75 Å². The molecular weight excluding hydrogens is 230 g/mol. The summed E-state index contributed by atoms with van der Waals surface area (Å²) in [6, 6.07) is 6.36. The van der Waals surface area contributed by atoms with E-state index in [1.807, 2.05) is 11.8 Å². The Kier molecular flexibility index (Phi) is 2.95. The van der Waals surface area contributed by atoms with Gasteiger partial charge in [0.15, 0.2) is 0 Å². The van der Waals surface area contributed by atoms with Crippen LogP contribution in [0.25, 0.3) is 0 Å². The smallest absolute Gasteiger partial charge is 0.121 e. The molecule has 1 saturated carbocycles. The van der Waals surface area contributed by atoms with Gasteiger partial charge in [-0.15, -0.1) is 11.8 Å². The molecule has 1 aromatic rings. The molecule has 0 unspecified atom stereocenters. The second-order valence-electron chi connectivity index (χ2n) is 5.21. The Labute approximate surface area is 107 Å². The minimum atomic E-state index is 0.539. The van der Waals surface area contributed by atoms with Crippen molar-refractivity contribution in [3.05, 3.63) is 18.2 Å². The fourth-order valence-electron chi connectivity index (χ4n) is 2.91. The molecule has 2 nitrogen and oxygen atoms in total. The molecule has 0 amide bonds. The van der Waals surface area contributed by atoms with Crippen molar-refractivity contribution in [1.82, 2.24) is 0 Å². The molecular formula is C14H19NOS. The van der Waals surface area contributed by atoms with Crippen molar-refractivity contribution in [2.24, 2.45) is 5.41 Å². The molecule has 2 aliphatic rings. The van der Waals surface area contributed by atoms with Crippen LogP contribution < -0.4 is 10.1 Å². The Morgan fingerprint density at radius 3 is 2.88 bits per heavy atom. The van der Waals surface area contributed by atoms with Gasteiger partial charge in [-0.25, -0.2) is 0 Å². The van der Waals surface area contributed by atoms with Crippen molar-refractivity contribution >= 4 is 17.4 Å². The molecule has 1 N–H and O–H groups in total. The highest BCUT2D eigenvalue weighted by molar-refractivity contribution is 7.99. The molecule has 17 heavy (non-hydrogen) atoms. The fraction of sp³-hybridized carbons (Fsp3) is 0.571. The predicted molar refractivity (Wildman–Crippen MR) is 73.1 cm³/mol. The zero-order valence-corrected chi connectivity index (χ0v) is 11.1. The van der Waals surface area contributed by atoms with Gasteiger partial charge in [-0.3, -0.25) is 0 Å². The van der Waals surface area contributed by atoms with Crippen molar-refractivity contribution in [2.45, 2.75) is 30.6 Å². The van der Waals surface area contributed by atoms with Crippen LogP contribution in [0.1, 0.15) is 25.7 Å². The third kappa shape index (κ3) is 2.13. The fourth-order valence-corrected chi connectivity index (χ4v) is 4.21. The molecule has 1 aromatic carbocycles. The van der Waals surface area contributed by atoms with Gasteiger partial charge in [0.2, 0.25) is 0 Å². The Morgan fingerprint density at radius 1 is 1.29 bits per heavy atom. The van der Waals surface area contributed by atoms with E-state index < -0.39 is 0 Å². The maximum Gasteiger partial charge on any atom is 0.121 e. The van der Waals surface area contributed by atoms with Crippen molar-refractivity contribution in [3.8, 4) is 5.75 Å². The molecule has 1 fully saturated rings. The normalized spacial score (nSPS) is 21.7. The van der Waals surface area contributed by atoms with Crippen LogP contribution >= 0.6 is 11.8 Å². The van der Waals surface area contributed by atoms with Crippen LogP contribution in [0.4, 0.5) is 5.69 Å². The molecule has 3 rings (SSSR count). The number of hydrogen-bond acceptors (Lipinski definition) is 3. The van der Waals surface area contributed by atoms with Gasteiger partial charge in [0.05, 0.1) is 12.8 Å². The van der Waals surface area contributed by atoms with Gasteiger partial charge in [0, 0.05) is 23.3 Å². The molecule has 0 saturated heterocycles. The summed E-state index contributed by atoms with van der Waals surface area (Å²) in [5.74, 6) is 2.21. The van der Waals surface area contributed by atoms with Crippen molar-refractivity contribution < 1.29 is 4.74 Å². The van der Waals surface area contributed by atoms with E-state index in [2.05, 4.69) is 23.5 Å². The van der Waals surface area contributed by atoms with Crippen molar-refractivity contribution in [1.29, 1.82) is 0 Å². The number of ether oxygens (including phenoxy) is 1. The topological polar surface area (TPSA) is 21.3 Å². The standard InChI is InChI=1S/C14H19NOS/c1-16-11-4-5-13-12(8-11)15-9-14(10-17-13)6-2-3-7-14/h4-5,8,15H,2-3,6-7,9-10H2,1H3. The van der Waals surface area contributed by atoms with Gasteiger partial charge in [0.25, 0.3) is 0 Å². The van der Waals surface area contributed by atoms with E-state index >= 15 is 0 Å². The monoisotopic (exact) mass is 249 g/mol. The summed E-state index contributed by atoms with van der Waals surface area (Å²) in [6.45, 7) is 1.13. The number of benzene rings is 1. The van der Waals surface area contributed by atoms with Gasteiger partial charge in [-0.1, -0.05) is 12.8 Å². The number of rotatable bonds is 1. The first-order valence-corrected chi connectivity index (χ1v) is 7.35. The number of anilines is 1. The largest absolute Gasteiger partial charge is 0.497 e. The van der Waals surface area contributed by atoms with Crippen LogP contribution in [0.3, 0.4) is 0 Å². The first kappa shape index (κ1) is 11.3. The van der Waals surface area contributed by atoms with Gasteiger partial charge in [-0.2, -0.15) is 0 Å². The molecule has 0 radical (unpaired) electrons. The highest BCUT2D eigenvalue weighted by Gasteiger charge is 2.35. The molecule has 3 heteroatoms. The summed E-state index contributed by atoms with van der Waals surface area (Å²) < 4.78 is 5.29. The molecule has 0 bridgehead atoms. The van der Waals surface area contributed by atoms with Crippen LogP contribution in [0, 0.1) is 5.41 Å². The first-order chi connectivity index (χ1) is 8.31. The molecule has 1 aliphatic heterocycles. The van der Waals surface area contributed by atoms with Crippen LogP contribution in [0.15, 0.2) is 23.1 Å². The lowest BCUT2D eigenvalue weighted by molar-refractivity contribution is 0.373. The Morgan fingerprint density at radius 2 is 2.12 bits per heavy atom. The lowest BCUT2D eigenvalue weighted by Gasteiger charge is -2.26. The summed E-state index contributed by atoms with van der Waals surface area (Å²) in [6.07, 6.45) is 5.58. The highest BCUT2D eigenvalue weighted by Crippen LogP contribution is 2.46. The van der Waals surface area contributed by atoms with Gasteiger partial charge < -0.3 is 10.1 Å². The van der Waals surface area contributed by atoms with E-state index in [0.29, 0.717) is 5.41 Å². The molecule has 1 heterocycles. The van der Waals surface area contributed by atoms with E-state index in [4.69, 9.17) is 4.74 Å². The van der Waals surface area contributed by atoms with Crippen molar-refractivity contribution in [3.63, 3.8) is 0 Å². The summed E-state index contributed by atoms with van der Waals surface area (Å²) >= 11 is 2.01. The summed E-state index contributed by atoms with van der Waals surface area (Å²) in [7, 11) is 1.73. The van der Waals surface area contributed by atoms with Gasteiger partial charge >= 0.3 is 0 Å². The zero-order valence-electron chi connectivity index (χ0n) is 10.3. The maximum absolute atomic E-state index is 5.29. The lowest BCUT2D eigenvalue weighted by Crippen LogP contribution is -2.27. The van der Waals surface area contributed by atoms with Crippen molar-refractivity contribution in [2.75, 3.05) is 24.7 Å². The predicted octanol–water partition coefficient (Wildman–Crippen LogP) is 3.77. The van der Waals surface area contributed by atoms with Crippen LogP contribution in [-0.2, 0) is 0 Å². The van der Waals surface area contributed by atoms with E-state index in [0.717, 1.165) is 12.3 Å². The summed E-state index contributed by atoms with van der Waals surface area (Å²) in [4.78, 5) is 1.37. The number of nitrogens with one attached hydrogen (secondary N) is 1. The molecule has 1 spiro atoms.